The van der Waals surface area contributed by atoms with E-state index >= 15 is 0 Å². The third-order valence-corrected chi connectivity index (χ3v) is 6.74. The summed E-state index contributed by atoms with van der Waals surface area (Å²) < 4.78 is 10.8. The Morgan fingerprint density at radius 1 is 1.03 bits per heavy atom. The number of nitrogens with zero attached hydrogens (tertiary/aromatic N) is 1. The van der Waals surface area contributed by atoms with Gasteiger partial charge < -0.3 is 24.9 Å². The lowest BCUT2D eigenvalue weighted by atomic mass is 9.98. The van der Waals surface area contributed by atoms with E-state index in [2.05, 4.69) is 27.8 Å². The Morgan fingerprint density at radius 2 is 1.71 bits per heavy atom. The van der Waals surface area contributed by atoms with E-state index in [1.165, 1.54) is 0 Å². The molecule has 9 heteroatoms. The van der Waals surface area contributed by atoms with Crippen LogP contribution >= 0.6 is 0 Å². The number of fused-ring (bicyclic) bond motifs is 3. The first kappa shape index (κ1) is 22.6. The molecule has 0 spiro atoms. The van der Waals surface area contributed by atoms with Gasteiger partial charge in [-0.1, -0.05) is 55.0 Å². The zero-order chi connectivity index (χ0) is 24.4. The van der Waals surface area contributed by atoms with Crippen LogP contribution in [0.2, 0.25) is 0 Å². The molecule has 2 amide bonds. The molecular formula is C26H25N3O6. The molecule has 3 N–H and O–H groups in total. The number of aromatic nitrogens is 1. The average Bonchev–Trinajstić information content (AvgIpc) is 3.59. The normalized spacial score (nSPS) is 18.5. The zero-order valence-electron chi connectivity index (χ0n) is 18.9. The Bertz CT molecular complexity index is 1220. The van der Waals surface area contributed by atoms with E-state index in [1.54, 1.807) is 0 Å². The Morgan fingerprint density at radius 3 is 2.40 bits per heavy atom. The van der Waals surface area contributed by atoms with Gasteiger partial charge in [0, 0.05) is 12.0 Å². The zero-order valence-corrected chi connectivity index (χ0v) is 18.9. The highest BCUT2D eigenvalue weighted by atomic mass is 16.5. The summed E-state index contributed by atoms with van der Waals surface area (Å²) in [4.78, 5) is 40.4. The van der Waals surface area contributed by atoms with Crippen molar-refractivity contribution in [2.24, 2.45) is 5.92 Å². The van der Waals surface area contributed by atoms with Gasteiger partial charge >= 0.3 is 12.1 Å². The van der Waals surface area contributed by atoms with E-state index in [0.29, 0.717) is 12.8 Å². The molecule has 0 bridgehead atoms. The van der Waals surface area contributed by atoms with Crippen molar-refractivity contribution < 1.29 is 28.6 Å². The van der Waals surface area contributed by atoms with E-state index in [0.717, 1.165) is 35.1 Å². The molecule has 1 saturated carbocycles. The summed E-state index contributed by atoms with van der Waals surface area (Å²) in [7, 11) is 0. The predicted molar refractivity (Wildman–Crippen MR) is 125 cm³/mol. The van der Waals surface area contributed by atoms with Crippen molar-refractivity contribution in [3.05, 3.63) is 77.5 Å². The highest BCUT2D eigenvalue weighted by molar-refractivity contribution is 5.93. The number of hydrogen-bond donors (Lipinski definition) is 3. The topological polar surface area (TPSA) is 131 Å². The largest absolute Gasteiger partial charge is 0.481 e. The summed E-state index contributed by atoms with van der Waals surface area (Å²) >= 11 is 0. The summed E-state index contributed by atoms with van der Waals surface area (Å²) in [5, 5.41) is 14.7. The van der Waals surface area contributed by atoms with E-state index < -0.39 is 29.9 Å². The van der Waals surface area contributed by atoms with Crippen molar-refractivity contribution in [1.82, 2.24) is 15.6 Å². The van der Waals surface area contributed by atoms with Crippen molar-refractivity contribution in [3.8, 4) is 11.1 Å². The first-order chi connectivity index (χ1) is 17.0. The van der Waals surface area contributed by atoms with E-state index in [9.17, 15) is 19.5 Å². The number of amides is 2. The van der Waals surface area contributed by atoms with Gasteiger partial charge in [-0.3, -0.25) is 9.59 Å². The lowest BCUT2D eigenvalue weighted by Crippen LogP contribution is -2.40. The maximum atomic E-state index is 12.7. The molecule has 2 aliphatic carbocycles. The van der Waals surface area contributed by atoms with E-state index in [-0.39, 0.29) is 30.5 Å². The standard InChI is InChI=1S/C26H25N3O6/c30-24(29-21-11-5-10-19(21)25(31)32)23-22(35-14-28-23)12-27-26(33)34-13-20-17-8-3-1-6-15(17)16-7-2-4-9-18(16)20/h1-4,6-9,14,19-21H,5,10-13H2,(H,27,33)(H,29,30)(H,31,32). The molecule has 2 atom stereocenters. The molecule has 35 heavy (non-hydrogen) atoms. The number of aliphatic carboxylic acids is 1. The van der Waals surface area contributed by atoms with Gasteiger partial charge in [-0.05, 0) is 35.1 Å². The van der Waals surface area contributed by atoms with Crippen LogP contribution in [0.25, 0.3) is 11.1 Å². The van der Waals surface area contributed by atoms with E-state index in [4.69, 9.17) is 9.15 Å². The molecule has 0 saturated heterocycles. The highest BCUT2D eigenvalue weighted by Crippen LogP contribution is 2.44. The monoisotopic (exact) mass is 475 g/mol. The van der Waals surface area contributed by atoms with Crippen LogP contribution in [0.15, 0.2) is 59.3 Å². The van der Waals surface area contributed by atoms with Crippen LogP contribution in [0.3, 0.4) is 0 Å². The van der Waals surface area contributed by atoms with Gasteiger partial charge in [0.1, 0.15) is 6.61 Å². The third-order valence-electron chi connectivity index (χ3n) is 6.74. The number of nitrogens with one attached hydrogen (secondary N) is 2. The third kappa shape index (κ3) is 4.49. The Labute approximate surface area is 201 Å². The molecule has 3 aromatic rings. The number of carboxylic acid groups (broad SMARTS) is 1. The summed E-state index contributed by atoms with van der Waals surface area (Å²) in [6, 6.07) is 15.7. The highest BCUT2D eigenvalue weighted by Gasteiger charge is 2.35. The second-order valence-corrected chi connectivity index (χ2v) is 8.76. The minimum Gasteiger partial charge on any atom is -0.481 e. The quantitative estimate of drug-likeness (QED) is 0.475. The smallest absolute Gasteiger partial charge is 0.407 e. The van der Waals surface area contributed by atoms with Gasteiger partial charge in [0.05, 0.1) is 12.5 Å². The average molecular weight is 476 g/mol. The minimum absolute atomic E-state index is 0.0139. The van der Waals surface area contributed by atoms with Crippen LogP contribution in [-0.2, 0) is 16.1 Å². The number of oxazole rings is 1. The number of alkyl carbamates (subject to hydrolysis) is 1. The molecular weight excluding hydrogens is 450 g/mol. The molecule has 1 heterocycles. The van der Waals surface area contributed by atoms with Crippen LogP contribution in [-0.4, -0.2) is 40.7 Å². The molecule has 2 unspecified atom stereocenters. The minimum atomic E-state index is -0.926. The number of rotatable bonds is 7. The van der Waals surface area contributed by atoms with Crippen LogP contribution < -0.4 is 10.6 Å². The molecule has 2 aromatic carbocycles. The number of ether oxygens (including phenoxy) is 1. The Hall–Kier alpha value is -4.14. The number of carboxylic acids is 1. The van der Waals surface area contributed by atoms with Gasteiger partial charge in [-0.15, -0.1) is 0 Å². The first-order valence-corrected chi connectivity index (χ1v) is 11.6. The fourth-order valence-electron chi connectivity index (χ4n) is 5.05. The SMILES string of the molecule is O=C(NCc1ocnc1C(=O)NC1CCCC1C(=O)O)OCC1c2ccccc2-c2ccccc21. The van der Waals surface area contributed by atoms with Crippen molar-refractivity contribution in [3.63, 3.8) is 0 Å². The number of carbonyl (C=O) groups is 3. The van der Waals surface area contributed by atoms with Crippen molar-refractivity contribution in [2.45, 2.75) is 37.8 Å². The molecule has 2 aliphatic rings. The molecule has 180 valence electrons. The molecule has 1 aromatic heterocycles. The van der Waals surface area contributed by atoms with Gasteiger partial charge in [0.15, 0.2) is 17.8 Å². The second-order valence-electron chi connectivity index (χ2n) is 8.76. The van der Waals surface area contributed by atoms with Crippen molar-refractivity contribution in [1.29, 1.82) is 0 Å². The number of hydrogen-bond acceptors (Lipinski definition) is 6. The molecule has 0 radical (unpaired) electrons. The number of benzene rings is 2. The van der Waals surface area contributed by atoms with Crippen LogP contribution in [0.4, 0.5) is 4.79 Å². The molecule has 9 nitrogen and oxygen atoms in total. The van der Waals surface area contributed by atoms with Crippen LogP contribution in [0.5, 0.6) is 0 Å². The fraction of sp³-hybridized carbons (Fsp3) is 0.308. The summed E-state index contributed by atoms with van der Waals surface area (Å²) in [6.45, 7) is 0.0777. The van der Waals surface area contributed by atoms with Crippen LogP contribution in [0, 0.1) is 5.92 Å². The lowest BCUT2D eigenvalue weighted by Gasteiger charge is -2.17. The van der Waals surface area contributed by atoms with Crippen molar-refractivity contribution >= 4 is 18.0 Å². The Kier molecular flexibility index (Phi) is 6.22. The second kappa shape index (κ2) is 9.61. The fourth-order valence-corrected chi connectivity index (χ4v) is 5.05. The van der Waals surface area contributed by atoms with Gasteiger partial charge in [0.2, 0.25) is 0 Å². The molecule has 1 fully saturated rings. The first-order valence-electron chi connectivity index (χ1n) is 11.6. The van der Waals surface area contributed by atoms with Gasteiger partial charge in [-0.25, -0.2) is 9.78 Å². The van der Waals surface area contributed by atoms with Gasteiger partial charge in [0.25, 0.3) is 5.91 Å². The summed E-state index contributed by atoms with van der Waals surface area (Å²) in [6.07, 6.45) is 2.32. The lowest BCUT2D eigenvalue weighted by molar-refractivity contribution is -0.142. The number of carbonyl (C=O) groups excluding carboxylic acids is 2. The maximum absolute atomic E-state index is 12.7. The van der Waals surface area contributed by atoms with Crippen LogP contribution in [0.1, 0.15) is 52.6 Å². The molecule has 0 aliphatic heterocycles. The molecule has 5 rings (SSSR count). The Balaban J connectivity index is 1.18. The maximum Gasteiger partial charge on any atom is 0.407 e. The van der Waals surface area contributed by atoms with E-state index in [1.807, 2.05) is 36.4 Å². The van der Waals surface area contributed by atoms with Gasteiger partial charge in [-0.2, -0.15) is 0 Å². The van der Waals surface area contributed by atoms with Crippen molar-refractivity contribution in [2.75, 3.05) is 6.61 Å². The predicted octanol–water partition coefficient (Wildman–Crippen LogP) is 3.70. The summed E-state index contributed by atoms with van der Waals surface area (Å²) in [5.74, 6) is -1.96. The summed E-state index contributed by atoms with van der Waals surface area (Å²) in [5.41, 5.74) is 4.52.